The zero-order valence-electron chi connectivity index (χ0n) is 9.01. The Bertz CT molecular complexity index is 525. The van der Waals surface area contributed by atoms with Crippen molar-refractivity contribution in [2.24, 2.45) is 0 Å². The number of benzene rings is 1. The summed E-state index contributed by atoms with van der Waals surface area (Å²) in [4.78, 5) is 12.2. The molecule has 0 saturated heterocycles. The summed E-state index contributed by atoms with van der Waals surface area (Å²) < 4.78 is 4.70. The number of ketones is 1. The number of rotatable bonds is 4. The molecule has 0 fully saturated rings. The highest BCUT2D eigenvalue weighted by atomic mass is 35.5. The minimum absolute atomic E-state index is 0.105. The summed E-state index contributed by atoms with van der Waals surface area (Å²) >= 11 is 8.62. The predicted molar refractivity (Wildman–Crippen MR) is 71.2 cm³/mol. The molecule has 0 amide bonds. The van der Waals surface area contributed by atoms with Crippen LogP contribution in [0, 0.1) is 0 Å². The molecule has 2 aromatic rings. The molecule has 0 radical (unpaired) electrons. The van der Waals surface area contributed by atoms with Gasteiger partial charge in [-0.15, -0.1) is 16.9 Å². The first-order chi connectivity index (χ1) is 8.22. The van der Waals surface area contributed by atoms with Gasteiger partial charge in [-0.05, 0) is 41.6 Å². The molecule has 6 heteroatoms. The van der Waals surface area contributed by atoms with Crippen LogP contribution in [0.5, 0.6) is 0 Å². The van der Waals surface area contributed by atoms with Crippen LogP contribution >= 0.6 is 34.9 Å². The summed E-state index contributed by atoms with van der Waals surface area (Å²) in [5, 5.41) is 4.51. The van der Waals surface area contributed by atoms with Crippen molar-refractivity contribution in [1.29, 1.82) is 0 Å². The molecule has 17 heavy (non-hydrogen) atoms. The van der Waals surface area contributed by atoms with Gasteiger partial charge in [0.15, 0.2) is 5.69 Å². The highest BCUT2D eigenvalue weighted by Crippen LogP contribution is 2.26. The molecule has 0 unspecified atom stereocenters. The van der Waals surface area contributed by atoms with E-state index < -0.39 is 0 Å². The first-order valence-corrected chi connectivity index (χ1v) is 7.11. The molecule has 0 aliphatic heterocycles. The largest absolute Gasteiger partial charge is 0.287 e. The van der Waals surface area contributed by atoms with Gasteiger partial charge in [0.05, 0.1) is 0 Å². The lowest BCUT2D eigenvalue weighted by Crippen LogP contribution is -2.03. The van der Waals surface area contributed by atoms with E-state index in [1.807, 2.05) is 6.92 Å². The number of halogens is 1. The number of carbonyl (C=O) groups is 1. The van der Waals surface area contributed by atoms with Crippen molar-refractivity contribution in [2.45, 2.75) is 11.1 Å². The average molecular weight is 285 g/mol. The van der Waals surface area contributed by atoms with E-state index >= 15 is 0 Å². The van der Waals surface area contributed by atoms with Crippen LogP contribution in [0.1, 0.15) is 23.0 Å². The first-order valence-electron chi connectivity index (χ1n) is 4.97. The predicted octanol–water partition coefficient (Wildman–Crippen LogP) is 3.53. The summed E-state index contributed by atoms with van der Waals surface area (Å²) in [7, 11) is 0. The van der Waals surface area contributed by atoms with Gasteiger partial charge in [-0.1, -0.05) is 23.0 Å². The quantitative estimate of drug-likeness (QED) is 0.636. The smallest absolute Gasteiger partial charge is 0.215 e. The standard InChI is InChI=1S/C11H9ClN2OS2/c1-2-16-11-9(13-14-17-11)10(15)7-3-5-8(12)6-4-7/h3-6H,2H2,1H3. The lowest BCUT2D eigenvalue weighted by molar-refractivity contribution is 0.103. The Balaban J connectivity index is 2.30. The topological polar surface area (TPSA) is 42.9 Å². The second-order valence-electron chi connectivity index (χ2n) is 3.18. The molecule has 0 atom stereocenters. The van der Waals surface area contributed by atoms with Crippen LogP contribution in [0.15, 0.2) is 28.5 Å². The van der Waals surface area contributed by atoms with E-state index in [0.29, 0.717) is 16.3 Å². The number of nitrogens with zero attached hydrogens (tertiary/aromatic N) is 2. The summed E-state index contributed by atoms with van der Waals surface area (Å²) in [6.07, 6.45) is 0. The third kappa shape index (κ3) is 2.86. The van der Waals surface area contributed by atoms with Crippen LogP contribution in [-0.4, -0.2) is 21.1 Å². The fraction of sp³-hybridized carbons (Fsp3) is 0.182. The number of carbonyl (C=O) groups excluding carboxylic acids is 1. The van der Waals surface area contributed by atoms with Crippen LogP contribution in [-0.2, 0) is 0 Å². The Labute approximate surface area is 112 Å². The van der Waals surface area contributed by atoms with Gasteiger partial charge in [-0.3, -0.25) is 4.79 Å². The molecule has 1 aromatic carbocycles. The Morgan fingerprint density at radius 3 is 2.76 bits per heavy atom. The van der Waals surface area contributed by atoms with Crippen molar-refractivity contribution in [3.63, 3.8) is 0 Å². The zero-order chi connectivity index (χ0) is 12.3. The Kier molecular flexibility index (Phi) is 4.15. The molecular formula is C11H9ClN2OS2. The minimum Gasteiger partial charge on any atom is -0.287 e. The number of hydrogen-bond donors (Lipinski definition) is 0. The van der Waals surface area contributed by atoms with E-state index in [4.69, 9.17) is 11.6 Å². The van der Waals surface area contributed by atoms with Crippen LogP contribution < -0.4 is 0 Å². The molecule has 0 aliphatic rings. The van der Waals surface area contributed by atoms with Crippen molar-refractivity contribution in [1.82, 2.24) is 9.59 Å². The maximum atomic E-state index is 12.2. The third-order valence-electron chi connectivity index (χ3n) is 2.05. The lowest BCUT2D eigenvalue weighted by Gasteiger charge is -1.99. The highest BCUT2D eigenvalue weighted by Gasteiger charge is 2.18. The van der Waals surface area contributed by atoms with Gasteiger partial charge >= 0.3 is 0 Å². The molecule has 0 aliphatic carbocycles. The second kappa shape index (κ2) is 5.62. The van der Waals surface area contributed by atoms with Crippen LogP contribution in [0.4, 0.5) is 0 Å². The summed E-state index contributed by atoms with van der Waals surface area (Å²) in [5.74, 6) is 0.788. The van der Waals surface area contributed by atoms with Gasteiger partial charge in [-0.25, -0.2) is 0 Å². The van der Waals surface area contributed by atoms with Crippen molar-refractivity contribution in [3.05, 3.63) is 40.5 Å². The highest BCUT2D eigenvalue weighted by molar-refractivity contribution is 8.01. The monoisotopic (exact) mass is 284 g/mol. The molecule has 1 heterocycles. The molecule has 2 rings (SSSR count). The summed E-state index contributed by atoms with van der Waals surface area (Å²) in [6, 6.07) is 6.79. The Hall–Kier alpha value is -0.910. The van der Waals surface area contributed by atoms with E-state index in [2.05, 4.69) is 9.59 Å². The van der Waals surface area contributed by atoms with Crippen molar-refractivity contribution < 1.29 is 4.79 Å². The average Bonchev–Trinajstić information content (AvgIpc) is 2.78. The van der Waals surface area contributed by atoms with Gasteiger partial charge < -0.3 is 0 Å². The van der Waals surface area contributed by atoms with Gasteiger partial charge in [-0.2, -0.15) is 0 Å². The molecule has 88 valence electrons. The van der Waals surface area contributed by atoms with E-state index in [-0.39, 0.29) is 5.78 Å². The lowest BCUT2D eigenvalue weighted by atomic mass is 10.1. The molecule has 0 spiro atoms. The van der Waals surface area contributed by atoms with E-state index in [0.717, 1.165) is 9.96 Å². The van der Waals surface area contributed by atoms with E-state index in [9.17, 15) is 4.79 Å². The van der Waals surface area contributed by atoms with Crippen LogP contribution in [0.25, 0.3) is 0 Å². The number of thioether (sulfide) groups is 1. The minimum atomic E-state index is -0.105. The Morgan fingerprint density at radius 1 is 1.41 bits per heavy atom. The van der Waals surface area contributed by atoms with Crippen LogP contribution in [0.3, 0.4) is 0 Å². The number of aromatic nitrogens is 2. The maximum Gasteiger partial charge on any atom is 0.215 e. The molecule has 0 bridgehead atoms. The van der Waals surface area contributed by atoms with Crippen molar-refractivity contribution in [2.75, 3.05) is 5.75 Å². The van der Waals surface area contributed by atoms with Gasteiger partial charge in [0.2, 0.25) is 5.78 Å². The zero-order valence-corrected chi connectivity index (χ0v) is 11.4. The van der Waals surface area contributed by atoms with Crippen LogP contribution in [0.2, 0.25) is 5.02 Å². The third-order valence-corrected chi connectivity index (χ3v) is 4.15. The molecule has 1 aromatic heterocycles. The summed E-state index contributed by atoms with van der Waals surface area (Å²) in [6.45, 7) is 2.03. The molecule has 0 saturated carbocycles. The Morgan fingerprint density at radius 2 is 2.12 bits per heavy atom. The van der Waals surface area contributed by atoms with E-state index in [1.54, 1.807) is 36.0 Å². The molecule has 3 nitrogen and oxygen atoms in total. The number of hydrogen-bond acceptors (Lipinski definition) is 5. The second-order valence-corrected chi connectivity index (χ2v) is 5.90. The van der Waals surface area contributed by atoms with Crippen molar-refractivity contribution >= 4 is 40.7 Å². The normalized spacial score (nSPS) is 10.5. The van der Waals surface area contributed by atoms with Gasteiger partial charge in [0.1, 0.15) is 4.21 Å². The SMILES string of the molecule is CCSc1snnc1C(=O)c1ccc(Cl)cc1. The fourth-order valence-electron chi connectivity index (χ4n) is 1.28. The fourth-order valence-corrected chi connectivity index (χ4v) is 3.02. The van der Waals surface area contributed by atoms with E-state index in [1.165, 1.54) is 11.5 Å². The molecular weight excluding hydrogens is 276 g/mol. The van der Waals surface area contributed by atoms with Crippen molar-refractivity contribution in [3.8, 4) is 0 Å². The maximum absolute atomic E-state index is 12.2. The van der Waals surface area contributed by atoms with Gasteiger partial charge in [0.25, 0.3) is 0 Å². The first kappa shape index (κ1) is 12.5. The summed E-state index contributed by atoms with van der Waals surface area (Å²) in [5.41, 5.74) is 1.02. The van der Waals surface area contributed by atoms with Gasteiger partial charge in [0, 0.05) is 10.6 Å². The molecule has 0 N–H and O–H groups in total.